The number of carbonyl (C=O) groups excluding carboxylic acids is 3. The molecular weight excluding hydrogens is 432 g/mol. The van der Waals surface area contributed by atoms with Crippen LogP contribution < -0.4 is 16.4 Å². The Bertz CT molecular complexity index is 1170. The van der Waals surface area contributed by atoms with E-state index < -0.39 is 35.1 Å². The number of fused-ring (bicyclic) bond motifs is 1. The summed E-state index contributed by atoms with van der Waals surface area (Å²) in [5, 5.41) is 6.40. The molecule has 0 radical (unpaired) electrons. The molecule has 3 rings (SSSR count). The smallest absolute Gasteiger partial charge is 0.408 e. The quantitative estimate of drug-likeness (QED) is 0.408. The SMILES string of the molecule is CC(C)(C)OC(=O)NC(C)(Cc1c[nH]c2ccccc12)C(=O)N[C@@H](Cc1ccccc1)C(N)=O. The number of nitrogens with one attached hydrogen (secondary N) is 3. The third-order valence-electron chi connectivity index (χ3n) is 5.43. The van der Waals surface area contributed by atoms with Crippen LogP contribution in [-0.2, 0) is 27.2 Å². The third kappa shape index (κ3) is 6.37. The Morgan fingerprint density at radius 2 is 1.65 bits per heavy atom. The molecule has 3 amide bonds. The summed E-state index contributed by atoms with van der Waals surface area (Å²) in [5.41, 5.74) is 6.04. The molecule has 0 bridgehead atoms. The Balaban J connectivity index is 1.88. The summed E-state index contributed by atoms with van der Waals surface area (Å²) in [6, 6.07) is 16.0. The van der Waals surface area contributed by atoms with Crippen molar-refractivity contribution >= 4 is 28.8 Å². The first-order valence-corrected chi connectivity index (χ1v) is 11.2. The van der Waals surface area contributed by atoms with Gasteiger partial charge >= 0.3 is 6.09 Å². The van der Waals surface area contributed by atoms with Gasteiger partial charge in [-0.15, -0.1) is 0 Å². The highest BCUT2D eigenvalue weighted by atomic mass is 16.6. The van der Waals surface area contributed by atoms with E-state index in [4.69, 9.17) is 10.5 Å². The lowest BCUT2D eigenvalue weighted by Gasteiger charge is -2.32. The van der Waals surface area contributed by atoms with Crippen molar-refractivity contribution in [1.82, 2.24) is 15.6 Å². The minimum absolute atomic E-state index is 0.166. The van der Waals surface area contributed by atoms with Gasteiger partial charge in [0, 0.05) is 29.9 Å². The van der Waals surface area contributed by atoms with Crippen molar-refractivity contribution in [3.05, 3.63) is 71.9 Å². The Morgan fingerprint density at radius 3 is 2.29 bits per heavy atom. The highest BCUT2D eigenvalue weighted by molar-refractivity contribution is 5.94. The molecule has 0 saturated carbocycles. The zero-order valence-corrected chi connectivity index (χ0v) is 20.0. The van der Waals surface area contributed by atoms with Crippen LogP contribution in [0.2, 0.25) is 0 Å². The zero-order chi connectivity index (χ0) is 24.9. The number of aromatic amines is 1. The van der Waals surface area contributed by atoms with Crippen LogP contribution in [0.3, 0.4) is 0 Å². The van der Waals surface area contributed by atoms with E-state index in [0.29, 0.717) is 0 Å². The molecule has 180 valence electrons. The summed E-state index contributed by atoms with van der Waals surface area (Å²) in [6.07, 6.45) is 1.47. The highest BCUT2D eigenvalue weighted by Crippen LogP contribution is 2.23. The topological polar surface area (TPSA) is 126 Å². The number of hydrogen-bond donors (Lipinski definition) is 4. The lowest BCUT2D eigenvalue weighted by molar-refractivity contribution is -0.131. The summed E-state index contributed by atoms with van der Waals surface area (Å²) in [4.78, 5) is 41.5. The van der Waals surface area contributed by atoms with Gasteiger partial charge in [0.05, 0.1) is 0 Å². The number of primary amides is 1. The summed E-state index contributed by atoms with van der Waals surface area (Å²) >= 11 is 0. The molecule has 34 heavy (non-hydrogen) atoms. The molecule has 3 aromatic rings. The van der Waals surface area contributed by atoms with Gasteiger partial charge in [-0.1, -0.05) is 48.5 Å². The van der Waals surface area contributed by atoms with Crippen LogP contribution in [-0.4, -0.2) is 40.1 Å². The van der Waals surface area contributed by atoms with Gasteiger partial charge in [0.2, 0.25) is 11.8 Å². The van der Waals surface area contributed by atoms with Crippen molar-refractivity contribution in [2.24, 2.45) is 5.73 Å². The number of para-hydroxylation sites is 1. The largest absolute Gasteiger partial charge is 0.444 e. The number of alkyl carbamates (subject to hydrolysis) is 1. The Labute approximate surface area is 199 Å². The van der Waals surface area contributed by atoms with E-state index in [1.165, 1.54) is 0 Å². The fourth-order valence-corrected chi connectivity index (χ4v) is 3.76. The van der Waals surface area contributed by atoms with Gasteiger partial charge in [-0.2, -0.15) is 0 Å². The lowest BCUT2D eigenvalue weighted by atomic mass is 9.90. The van der Waals surface area contributed by atoms with Gasteiger partial charge in [0.15, 0.2) is 0 Å². The maximum absolute atomic E-state index is 13.5. The molecule has 2 atom stereocenters. The standard InChI is InChI=1S/C26H32N4O4/c1-25(2,3)34-24(33)30-26(4,15-18-16-28-20-13-9-8-12-19(18)20)23(32)29-21(22(27)31)14-17-10-6-5-7-11-17/h5-13,16,21,28H,14-15H2,1-4H3,(H2,27,31)(H,29,32)(H,30,33)/t21-,26?/m0/s1. The second-order valence-corrected chi connectivity index (χ2v) is 9.61. The van der Waals surface area contributed by atoms with E-state index >= 15 is 0 Å². The molecule has 0 spiro atoms. The van der Waals surface area contributed by atoms with Crippen LogP contribution in [0.15, 0.2) is 60.8 Å². The van der Waals surface area contributed by atoms with Crippen molar-refractivity contribution in [2.45, 2.75) is 57.7 Å². The van der Waals surface area contributed by atoms with Gasteiger partial charge in [-0.25, -0.2) is 4.79 Å². The normalized spacial score (nSPS) is 14.1. The maximum Gasteiger partial charge on any atom is 0.408 e. The van der Waals surface area contributed by atoms with Crippen LogP contribution in [0.25, 0.3) is 10.9 Å². The van der Waals surface area contributed by atoms with Crippen molar-refractivity contribution in [1.29, 1.82) is 0 Å². The number of aromatic nitrogens is 1. The van der Waals surface area contributed by atoms with Gasteiger partial charge in [-0.3, -0.25) is 9.59 Å². The van der Waals surface area contributed by atoms with Crippen molar-refractivity contribution in [2.75, 3.05) is 0 Å². The number of ether oxygens (including phenoxy) is 1. The summed E-state index contributed by atoms with van der Waals surface area (Å²) in [5.74, 6) is -1.20. The molecule has 0 saturated heterocycles. The first-order chi connectivity index (χ1) is 16.0. The lowest BCUT2D eigenvalue weighted by Crippen LogP contribution is -2.62. The van der Waals surface area contributed by atoms with Gasteiger partial charge < -0.3 is 26.1 Å². The van der Waals surface area contributed by atoms with E-state index in [2.05, 4.69) is 15.6 Å². The summed E-state index contributed by atoms with van der Waals surface area (Å²) in [6.45, 7) is 6.83. The van der Waals surface area contributed by atoms with Gasteiger partial charge in [0.25, 0.3) is 0 Å². The van der Waals surface area contributed by atoms with E-state index in [-0.39, 0.29) is 12.8 Å². The Kier molecular flexibility index (Phi) is 7.29. The zero-order valence-electron chi connectivity index (χ0n) is 20.0. The minimum atomic E-state index is -1.42. The summed E-state index contributed by atoms with van der Waals surface area (Å²) in [7, 11) is 0. The van der Waals surface area contributed by atoms with Crippen LogP contribution in [0, 0.1) is 0 Å². The molecule has 8 heteroatoms. The van der Waals surface area contributed by atoms with E-state index in [0.717, 1.165) is 22.0 Å². The number of carbonyl (C=O) groups is 3. The minimum Gasteiger partial charge on any atom is -0.444 e. The van der Waals surface area contributed by atoms with Crippen molar-refractivity contribution in [3.8, 4) is 0 Å². The van der Waals surface area contributed by atoms with E-state index in [1.54, 1.807) is 27.7 Å². The van der Waals surface area contributed by atoms with Gasteiger partial charge in [-0.05, 0) is 44.9 Å². The number of benzene rings is 2. The van der Waals surface area contributed by atoms with E-state index in [1.807, 2.05) is 60.8 Å². The van der Waals surface area contributed by atoms with Gasteiger partial charge in [0.1, 0.15) is 17.2 Å². The molecular formula is C26H32N4O4. The third-order valence-corrected chi connectivity index (χ3v) is 5.43. The predicted molar refractivity (Wildman–Crippen MR) is 131 cm³/mol. The first-order valence-electron chi connectivity index (χ1n) is 11.2. The van der Waals surface area contributed by atoms with Crippen LogP contribution in [0.1, 0.15) is 38.8 Å². The highest BCUT2D eigenvalue weighted by Gasteiger charge is 2.39. The molecule has 0 aliphatic heterocycles. The molecule has 5 N–H and O–H groups in total. The molecule has 2 aromatic carbocycles. The number of H-pyrrole nitrogens is 1. The predicted octanol–water partition coefficient (Wildman–Crippen LogP) is 3.21. The fraction of sp³-hybridized carbons (Fsp3) is 0.346. The molecule has 1 aromatic heterocycles. The number of hydrogen-bond acceptors (Lipinski definition) is 4. The molecule has 0 fully saturated rings. The van der Waals surface area contributed by atoms with Crippen molar-refractivity contribution < 1.29 is 19.1 Å². The second-order valence-electron chi connectivity index (χ2n) is 9.61. The summed E-state index contributed by atoms with van der Waals surface area (Å²) < 4.78 is 5.41. The molecule has 1 heterocycles. The van der Waals surface area contributed by atoms with Crippen molar-refractivity contribution in [3.63, 3.8) is 0 Å². The monoisotopic (exact) mass is 464 g/mol. The van der Waals surface area contributed by atoms with Crippen LogP contribution >= 0.6 is 0 Å². The first kappa shape index (κ1) is 24.8. The number of rotatable bonds is 8. The fourth-order valence-electron chi connectivity index (χ4n) is 3.76. The molecule has 8 nitrogen and oxygen atoms in total. The molecule has 0 aliphatic carbocycles. The second kappa shape index (κ2) is 9.99. The maximum atomic E-state index is 13.5. The Hall–Kier alpha value is -3.81. The van der Waals surface area contributed by atoms with Crippen LogP contribution in [0.4, 0.5) is 4.79 Å². The average Bonchev–Trinajstić information content (AvgIpc) is 3.15. The molecule has 0 aliphatic rings. The van der Waals surface area contributed by atoms with Crippen LogP contribution in [0.5, 0.6) is 0 Å². The number of nitrogens with two attached hydrogens (primary N) is 1. The molecule has 1 unspecified atom stereocenters. The number of amides is 3. The Morgan fingerprint density at radius 1 is 1.00 bits per heavy atom. The average molecular weight is 465 g/mol. The van der Waals surface area contributed by atoms with E-state index in [9.17, 15) is 14.4 Å².